The molecule has 0 saturated heterocycles. The van der Waals surface area contributed by atoms with E-state index in [0.29, 0.717) is 12.5 Å². The standard InChI is InChI=1S/C13H19NO/c1-9(2)12(8-14)13(15)11-6-4-5-10(3)7-11/h4-7,9,12H,8,14H2,1-3H3. The average Bonchev–Trinajstić information content (AvgIpc) is 2.18. The highest BCUT2D eigenvalue weighted by Crippen LogP contribution is 2.17. The third-order valence-corrected chi connectivity index (χ3v) is 2.70. The van der Waals surface area contributed by atoms with Crippen molar-refractivity contribution in [2.24, 2.45) is 17.6 Å². The molecule has 0 aliphatic carbocycles. The SMILES string of the molecule is Cc1cccc(C(=O)C(CN)C(C)C)c1. The molecule has 2 N–H and O–H groups in total. The maximum atomic E-state index is 12.1. The highest BCUT2D eigenvalue weighted by molar-refractivity contribution is 5.98. The van der Waals surface area contributed by atoms with E-state index in [-0.39, 0.29) is 11.7 Å². The molecule has 1 atom stereocenters. The molecule has 1 rings (SSSR count). The minimum absolute atomic E-state index is 0.0631. The predicted molar refractivity (Wildman–Crippen MR) is 62.9 cm³/mol. The lowest BCUT2D eigenvalue weighted by molar-refractivity contribution is 0.0892. The van der Waals surface area contributed by atoms with Gasteiger partial charge >= 0.3 is 0 Å². The van der Waals surface area contributed by atoms with Gasteiger partial charge in [-0.05, 0) is 18.9 Å². The highest BCUT2D eigenvalue weighted by atomic mass is 16.1. The Labute approximate surface area is 91.5 Å². The molecule has 0 radical (unpaired) electrons. The number of nitrogens with two attached hydrogens (primary N) is 1. The lowest BCUT2D eigenvalue weighted by atomic mass is 9.88. The van der Waals surface area contributed by atoms with Gasteiger partial charge in [-0.2, -0.15) is 0 Å². The smallest absolute Gasteiger partial charge is 0.167 e. The first-order chi connectivity index (χ1) is 7.06. The van der Waals surface area contributed by atoms with Gasteiger partial charge in [0.2, 0.25) is 0 Å². The van der Waals surface area contributed by atoms with Crippen molar-refractivity contribution in [2.45, 2.75) is 20.8 Å². The van der Waals surface area contributed by atoms with Crippen molar-refractivity contribution in [3.8, 4) is 0 Å². The number of hydrogen-bond donors (Lipinski definition) is 1. The monoisotopic (exact) mass is 205 g/mol. The zero-order valence-electron chi connectivity index (χ0n) is 9.66. The summed E-state index contributed by atoms with van der Waals surface area (Å²) in [6.45, 7) is 6.48. The topological polar surface area (TPSA) is 43.1 Å². The van der Waals surface area contributed by atoms with Gasteiger partial charge in [0.25, 0.3) is 0 Å². The molecule has 1 aromatic carbocycles. The Hall–Kier alpha value is -1.15. The molecule has 0 aliphatic heterocycles. The second-order valence-electron chi connectivity index (χ2n) is 4.32. The number of Topliss-reactive ketones (excluding diaryl/α,β-unsaturated/α-hetero) is 1. The third kappa shape index (κ3) is 2.90. The first-order valence-electron chi connectivity index (χ1n) is 5.37. The van der Waals surface area contributed by atoms with Crippen LogP contribution in [0, 0.1) is 18.8 Å². The van der Waals surface area contributed by atoms with E-state index in [1.54, 1.807) is 0 Å². The van der Waals surface area contributed by atoms with E-state index >= 15 is 0 Å². The molecule has 0 fully saturated rings. The van der Waals surface area contributed by atoms with Crippen LogP contribution in [0.5, 0.6) is 0 Å². The number of rotatable bonds is 4. The summed E-state index contributed by atoms with van der Waals surface area (Å²) in [4.78, 5) is 12.1. The molecule has 2 nitrogen and oxygen atoms in total. The fourth-order valence-electron chi connectivity index (χ4n) is 1.69. The Morgan fingerprint density at radius 2 is 2.07 bits per heavy atom. The van der Waals surface area contributed by atoms with Crippen LogP contribution in [-0.4, -0.2) is 12.3 Å². The van der Waals surface area contributed by atoms with Gasteiger partial charge in [-0.15, -0.1) is 0 Å². The number of hydrogen-bond acceptors (Lipinski definition) is 2. The number of aryl methyl sites for hydroxylation is 1. The molecule has 0 spiro atoms. The average molecular weight is 205 g/mol. The fourth-order valence-corrected chi connectivity index (χ4v) is 1.69. The van der Waals surface area contributed by atoms with Gasteiger partial charge in [0.15, 0.2) is 5.78 Å². The molecule has 0 aromatic heterocycles. The van der Waals surface area contributed by atoms with Gasteiger partial charge in [-0.1, -0.05) is 37.6 Å². The Balaban J connectivity index is 2.93. The van der Waals surface area contributed by atoms with E-state index in [1.165, 1.54) is 0 Å². The van der Waals surface area contributed by atoms with E-state index in [0.717, 1.165) is 11.1 Å². The third-order valence-electron chi connectivity index (χ3n) is 2.70. The summed E-state index contributed by atoms with van der Waals surface area (Å²) >= 11 is 0. The molecule has 0 bridgehead atoms. The normalized spacial score (nSPS) is 12.9. The van der Waals surface area contributed by atoms with Gasteiger partial charge in [0.05, 0.1) is 0 Å². The Bertz CT molecular complexity index is 344. The van der Waals surface area contributed by atoms with Gasteiger partial charge in [0.1, 0.15) is 0 Å². The quantitative estimate of drug-likeness (QED) is 0.767. The second kappa shape index (κ2) is 5.08. The molecule has 2 heteroatoms. The van der Waals surface area contributed by atoms with Crippen molar-refractivity contribution in [3.05, 3.63) is 35.4 Å². The van der Waals surface area contributed by atoms with Crippen LogP contribution in [-0.2, 0) is 0 Å². The minimum atomic E-state index is -0.0631. The lowest BCUT2D eigenvalue weighted by Crippen LogP contribution is -2.28. The van der Waals surface area contributed by atoms with Crippen LogP contribution in [0.25, 0.3) is 0 Å². The maximum Gasteiger partial charge on any atom is 0.167 e. The van der Waals surface area contributed by atoms with E-state index in [1.807, 2.05) is 45.0 Å². The first-order valence-corrected chi connectivity index (χ1v) is 5.37. The largest absolute Gasteiger partial charge is 0.330 e. The summed E-state index contributed by atoms with van der Waals surface area (Å²) in [6.07, 6.45) is 0. The van der Waals surface area contributed by atoms with E-state index in [2.05, 4.69) is 0 Å². The van der Waals surface area contributed by atoms with E-state index < -0.39 is 0 Å². The molecular formula is C13H19NO. The number of carbonyl (C=O) groups excluding carboxylic acids is 1. The van der Waals surface area contributed by atoms with Crippen LogP contribution in [0.4, 0.5) is 0 Å². The highest BCUT2D eigenvalue weighted by Gasteiger charge is 2.21. The molecule has 1 aromatic rings. The molecule has 0 amide bonds. The van der Waals surface area contributed by atoms with E-state index in [4.69, 9.17) is 5.73 Å². The summed E-state index contributed by atoms with van der Waals surface area (Å²) in [7, 11) is 0. The van der Waals surface area contributed by atoms with Crippen LogP contribution in [0.1, 0.15) is 29.8 Å². The maximum absolute atomic E-state index is 12.1. The van der Waals surface area contributed by atoms with Crippen LogP contribution < -0.4 is 5.73 Å². The van der Waals surface area contributed by atoms with Gasteiger partial charge < -0.3 is 5.73 Å². The summed E-state index contributed by atoms with van der Waals surface area (Å²) in [5.41, 5.74) is 7.52. The van der Waals surface area contributed by atoms with Crippen LogP contribution in [0.2, 0.25) is 0 Å². The Morgan fingerprint density at radius 1 is 1.40 bits per heavy atom. The summed E-state index contributed by atoms with van der Waals surface area (Å²) < 4.78 is 0. The first kappa shape index (κ1) is 11.9. The van der Waals surface area contributed by atoms with Crippen LogP contribution >= 0.6 is 0 Å². The van der Waals surface area contributed by atoms with Crippen LogP contribution in [0.15, 0.2) is 24.3 Å². The molecule has 15 heavy (non-hydrogen) atoms. The van der Waals surface area contributed by atoms with Crippen molar-refractivity contribution < 1.29 is 4.79 Å². The molecule has 0 aliphatic rings. The fraction of sp³-hybridized carbons (Fsp3) is 0.462. The van der Waals surface area contributed by atoms with Gasteiger partial charge in [0, 0.05) is 18.0 Å². The van der Waals surface area contributed by atoms with Crippen molar-refractivity contribution in [2.75, 3.05) is 6.54 Å². The molecule has 0 heterocycles. The van der Waals surface area contributed by atoms with Crippen molar-refractivity contribution in [1.82, 2.24) is 0 Å². The lowest BCUT2D eigenvalue weighted by Gasteiger charge is -2.17. The Morgan fingerprint density at radius 3 is 2.53 bits per heavy atom. The number of carbonyl (C=O) groups is 1. The number of ketones is 1. The molecular weight excluding hydrogens is 186 g/mol. The molecule has 0 saturated carbocycles. The summed E-state index contributed by atoms with van der Waals surface area (Å²) in [5, 5.41) is 0. The molecule has 82 valence electrons. The van der Waals surface area contributed by atoms with Gasteiger partial charge in [-0.3, -0.25) is 4.79 Å². The van der Waals surface area contributed by atoms with E-state index in [9.17, 15) is 4.79 Å². The predicted octanol–water partition coefficient (Wildman–Crippen LogP) is 2.41. The minimum Gasteiger partial charge on any atom is -0.330 e. The van der Waals surface area contributed by atoms with Crippen molar-refractivity contribution >= 4 is 5.78 Å². The second-order valence-corrected chi connectivity index (χ2v) is 4.32. The van der Waals surface area contributed by atoms with Gasteiger partial charge in [-0.25, -0.2) is 0 Å². The summed E-state index contributed by atoms with van der Waals surface area (Å²) in [5.74, 6) is 0.394. The molecule has 1 unspecified atom stereocenters. The Kier molecular flexibility index (Phi) is 4.04. The zero-order chi connectivity index (χ0) is 11.4. The number of benzene rings is 1. The summed E-state index contributed by atoms with van der Waals surface area (Å²) in [6, 6.07) is 7.69. The van der Waals surface area contributed by atoms with Crippen LogP contribution in [0.3, 0.4) is 0 Å². The van der Waals surface area contributed by atoms with Crippen molar-refractivity contribution in [3.63, 3.8) is 0 Å². The zero-order valence-corrected chi connectivity index (χ0v) is 9.66. The van der Waals surface area contributed by atoms with Crippen molar-refractivity contribution in [1.29, 1.82) is 0 Å².